The van der Waals surface area contributed by atoms with Crippen LogP contribution in [0.5, 0.6) is 0 Å². The predicted octanol–water partition coefficient (Wildman–Crippen LogP) is 4.86. The van der Waals surface area contributed by atoms with Gasteiger partial charge in [-0.2, -0.15) is 0 Å². The zero-order chi connectivity index (χ0) is 17.6. The Labute approximate surface area is 162 Å². The number of aromatic nitrogens is 2. The Bertz CT molecular complexity index is 874. The van der Waals surface area contributed by atoms with Crippen molar-refractivity contribution in [1.82, 2.24) is 10.2 Å². The zero-order valence-corrected chi connectivity index (χ0v) is 16.6. The topological polar surface area (TPSA) is 59.9 Å². The minimum absolute atomic E-state index is 0.0678. The lowest BCUT2D eigenvalue weighted by molar-refractivity contribution is 0.101. The first kappa shape index (κ1) is 18.3. The van der Waals surface area contributed by atoms with Gasteiger partial charge in [0, 0.05) is 10.4 Å². The highest BCUT2D eigenvalue weighted by molar-refractivity contribution is 8.03. The monoisotopic (exact) mass is 406 g/mol. The number of nitrogens with zero attached hydrogens (tertiary/aromatic N) is 2. The third-order valence-electron chi connectivity index (χ3n) is 3.15. The van der Waals surface area contributed by atoms with Crippen LogP contribution in [0.4, 0.5) is 0 Å². The smallest absolute Gasteiger partial charge is 0.183 e. The van der Waals surface area contributed by atoms with Gasteiger partial charge in [0.1, 0.15) is 0 Å². The van der Waals surface area contributed by atoms with Crippen molar-refractivity contribution in [1.29, 1.82) is 0 Å². The summed E-state index contributed by atoms with van der Waals surface area (Å²) in [5.41, 5.74) is 0.700. The molecule has 0 aliphatic heterocycles. The quantitative estimate of drug-likeness (QED) is 0.393. The molecule has 0 aliphatic rings. The van der Waals surface area contributed by atoms with Crippen molar-refractivity contribution in [2.24, 2.45) is 0 Å². The highest BCUT2D eigenvalue weighted by atomic mass is 32.2. The first-order chi connectivity index (χ1) is 12.1. The fraction of sp³-hybridized carbons (Fsp3) is 0.176. The zero-order valence-electron chi connectivity index (χ0n) is 13.3. The van der Waals surface area contributed by atoms with E-state index >= 15 is 0 Å². The maximum atomic E-state index is 12.1. The molecule has 0 amide bonds. The van der Waals surface area contributed by atoms with Crippen molar-refractivity contribution in [2.75, 3.05) is 11.5 Å². The molecule has 2 aromatic heterocycles. The van der Waals surface area contributed by atoms with E-state index in [9.17, 15) is 9.59 Å². The average Bonchev–Trinajstić information content (AvgIpc) is 3.27. The van der Waals surface area contributed by atoms with E-state index in [1.54, 1.807) is 0 Å². The van der Waals surface area contributed by atoms with Crippen molar-refractivity contribution >= 4 is 57.8 Å². The first-order valence-electron chi connectivity index (χ1n) is 7.39. The summed E-state index contributed by atoms with van der Waals surface area (Å²) in [5.74, 6) is 0.851. The maximum absolute atomic E-state index is 12.1. The summed E-state index contributed by atoms with van der Waals surface area (Å²) < 4.78 is 1.49. The fourth-order valence-corrected chi connectivity index (χ4v) is 5.63. The summed E-state index contributed by atoms with van der Waals surface area (Å²) >= 11 is 5.69. The molecule has 0 saturated heterocycles. The molecule has 0 spiro atoms. The lowest BCUT2D eigenvalue weighted by Gasteiger charge is -1.98. The van der Waals surface area contributed by atoms with E-state index < -0.39 is 0 Å². The molecule has 0 atom stereocenters. The van der Waals surface area contributed by atoms with E-state index in [4.69, 9.17) is 0 Å². The number of rotatable bonds is 8. The molecule has 0 radical (unpaired) electrons. The van der Waals surface area contributed by atoms with Crippen LogP contribution in [0.1, 0.15) is 24.9 Å². The van der Waals surface area contributed by atoms with Gasteiger partial charge in [0.05, 0.1) is 16.4 Å². The van der Waals surface area contributed by atoms with Gasteiger partial charge in [-0.15, -0.1) is 21.5 Å². The number of carbonyl (C=O) groups excluding carboxylic acids is 2. The van der Waals surface area contributed by atoms with Gasteiger partial charge in [0.2, 0.25) is 0 Å². The van der Waals surface area contributed by atoms with E-state index in [0.29, 0.717) is 17.1 Å². The molecule has 0 bridgehead atoms. The Kier molecular flexibility index (Phi) is 6.41. The molecule has 0 saturated carbocycles. The SMILES string of the molecule is Cc1ccc(C(=O)CSc2nnc(SCC(=O)c3ccccc3)s2)s1. The Morgan fingerprint density at radius 3 is 2.12 bits per heavy atom. The van der Waals surface area contributed by atoms with Gasteiger partial charge in [0.15, 0.2) is 20.2 Å². The lowest BCUT2D eigenvalue weighted by atomic mass is 10.2. The predicted molar refractivity (Wildman–Crippen MR) is 106 cm³/mol. The van der Waals surface area contributed by atoms with Crippen molar-refractivity contribution < 1.29 is 9.59 Å². The minimum Gasteiger partial charge on any atom is -0.293 e. The van der Waals surface area contributed by atoms with Crippen molar-refractivity contribution in [2.45, 2.75) is 15.6 Å². The van der Waals surface area contributed by atoms with Crippen LogP contribution in [0.3, 0.4) is 0 Å². The van der Waals surface area contributed by atoms with Crippen molar-refractivity contribution in [3.8, 4) is 0 Å². The summed E-state index contributed by atoms with van der Waals surface area (Å²) in [6, 6.07) is 13.0. The number of hydrogen-bond acceptors (Lipinski definition) is 8. The molecule has 8 heteroatoms. The van der Waals surface area contributed by atoms with Gasteiger partial charge < -0.3 is 0 Å². The van der Waals surface area contributed by atoms with Crippen molar-refractivity contribution in [3.05, 3.63) is 57.8 Å². The third-order valence-corrected chi connectivity index (χ3v) is 7.38. The molecule has 3 aromatic rings. The number of thiophene rings is 1. The van der Waals surface area contributed by atoms with Crippen LogP contribution in [0.25, 0.3) is 0 Å². The third kappa shape index (κ3) is 5.24. The second-order valence-corrected chi connectivity index (χ2v) is 9.74. The van der Waals surface area contributed by atoms with E-state index in [0.717, 1.165) is 18.4 Å². The highest BCUT2D eigenvalue weighted by Crippen LogP contribution is 2.30. The van der Waals surface area contributed by atoms with Gasteiger partial charge >= 0.3 is 0 Å². The molecule has 1 aromatic carbocycles. The largest absolute Gasteiger partial charge is 0.293 e. The van der Waals surface area contributed by atoms with E-state index in [1.165, 1.54) is 46.2 Å². The summed E-state index contributed by atoms with van der Waals surface area (Å²) in [4.78, 5) is 26.1. The van der Waals surface area contributed by atoms with Gasteiger partial charge in [-0.1, -0.05) is 65.2 Å². The van der Waals surface area contributed by atoms with Crippen LogP contribution in [-0.4, -0.2) is 33.3 Å². The molecule has 128 valence electrons. The molecule has 0 fully saturated rings. The summed E-state index contributed by atoms with van der Waals surface area (Å²) in [6.45, 7) is 1.99. The number of carbonyl (C=O) groups is 2. The normalized spacial score (nSPS) is 10.8. The van der Waals surface area contributed by atoms with Gasteiger partial charge in [-0.3, -0.25) is 9.59 Å². The molecular formula is C17H14N2O2S4. The van der Waals surface area contributed by atoms with E-state index in [2.05, 4.69) is 10.2 Å². The summed E-state index contributed by atoms with van der Waals surface area (Å²) in [6.07, 6.45) is 0. The molecule has 0 unspecified atom stereocenters. The number of hydrogen-bond donors (Lipinski definition) is 0. The Morgan fingerprint density at radius 1 is 0.880 bits per heavy atom. The lowest BCUT2D eigenvalue weighted by Crippen LogP contribution is -2.01. The highest BCUT2D eigenvalue weighted by Gasteiger charge is 2.13. The second-order valence-electron chi connectivity index (χ2n) is 5.03. The van der Waals surface area contributed by atoms with Gasteiger partial charge in [-0.25, -0.2) is 0 Å². The van der Waals surface area contributed by atoms with Crippen LogP contribution in [-0.2, 0) is 0 Å². The molecule has 4 nitrogen and oxygen atoms in total. The van der Waals surface area contributed by atoms with Gasteiger partial charge in [-0.05, 0) is 19.1 Å². The maximum Gasteiger partial charge on any atom is 0.183 e. The molecule has 3 rings (SSSR count). The number of Topliss-reactive ketones (excluding diaryl/α,β-unsaturated/α-hetero) is 2. The minimum atomic E-state index is 0.0678. The fourth-order valence-electron chi connectivity index (χ4n) is 1.93. The molecular weight excluding hydrogens is 392 g/mol. The number of thioether (sulfide) groups is 2. The van der Waals surface area contributed by atoms with Crippen LogP contribution < -0.4 is 0 Å². The molecule has 0 N–H and O–H groups in total. The second kappa shape index (κ2) is 8.75. The standard InChI is InChI=1S/C17H14N2O2S4/c1-11-7-8-15(24-11)14(21)10-23-17-19-18-16(25-17)22-9-13(20)12-5-3-2-4-6-12/h2-8H,9-10H2,1H3. The van der Waals surface area contributed by atoms with Crippen molar-refractivity contribution in [3.63, 3.8) is 0 Å². The molecule has 0 aliphatic carbocycles. The summed E-state index contributed by atoms with van der Waals surface area (Å²) in [7, 11) is 0. The average molecular weight is 407 g/mol. The van der Waals surface area contributed by atoms with E-state index in [1.807, 2.05) is 49.4 Å². The first-order valence-corrected chi connectivity index (χ1v) is 11.0. The van der Waals surface area contributed by atoms with E-state index in [-0.39, 0.29) is 11.6 Å². The summed E-state index contributed by atoms with van der Waals surface area (Å²) in [5, 5.41) is 8.17. The Hall–Kier alpha value is -1.48. The Balaban J connectivity index is 1.49. The Morgan fingerprint density at radius 2 is 1.52 bits per heavy atom. The van der Waals surface area contributed by atoms with Crippen LogP contribution in [0.2, 0.25) is 0 Å². The van der Waals surface area contributed by atoms with Gasteiger partial charge in [0.25, 0.3) is 0 Å². The van der Waals surface area contributed by atoms with Crippen LogP contribution >= 0.6 is 46.2 Å². The number of ketones is 2. The van der Waals surface area contributed by atoms with Crippen LogP contribution in [0, 0.1) is 6.92 Å². The number of benzene rings is 1. The molecule has 25 heavy (non-hydrogen) atoms. The molecule has 2 heterocycles. The number of aryl methyl sites for hydroxylation is 1. The van der Waals surface area contributed by atoms with Crippen LogP contribution in [0.15, 0.2) is 51.1 Å².